The van der Waals surface area contributed by atoms with Gasteiger partial charge in [0.2, 0.25) is 0 Å². The molecule has 2 aromatic rings. The van der Waals surface area contributed by atoms with Crippen molar-refractivity contribution in [1.29, 1.82) is 0 Å². The maximum Gasteiger partial charge on any atom is 0.143 e. The minimum absolute atomic E-state index is 0.707. The lowest BCUT2D eigenvalue weighted by atomic mass is 10.2. The molecule has 2 rings (SSSR count). The molecule has 96 valence electrons. The SMILES string of the molecule is CCN(Cc1cccs1)c1cccc(OC)c1N. The summed E-state index contributed by atoms with van der Waals surface area (Å²) in [6.07, 6.45) is 0. The minimum atomic E-state index is 0.707. The molecule has 0 bridgehead atoms. The van der Waals surface area contributed by atoms with Gasteiger partial charge in [-0.1, -0.05) is 12.1 Å². The Bertz CT molecular complexity index is 497. The van der Waals surface area contributed by atoms with Gasteiger partial charge in [0.05, 0.1) is 25.0 Å². The fourth-order valence-corrected chi connectivity index (χ4v) is 2.66. The molecule has 0 spiro atoms. The van der Waals surface area contributed by atoms with Crippen LogP contribution in [0.1, 0.15) is 11.8 Å². The molecule has 0 amide bonds. The quantitative estimate of drug-likeness (QED) is 0.840. The average molecular weight is 262 g/mol. The number of nitrogens with zero attached hydrogens (tertiary/aromatic N) is 1. The lowest BCUT2D eigenvalue weighted by Crippen LogP contribution is -2.22. The van der Waals surface area contributed by atoms with E-state index in [1.165, 1.54) is 4.88 Å². The lowest BCUT2D eigenvalue weighted by Gasteiger charge is -2.24. The second kappa shape index (κ2) is 5.78. The fraction of sp³-hybridized carbons (Fsp3) is 0.286. The third-order valence-electron chi connectivity index (χ3n) is 2.91. The van der Waals surface area contributed by atoms with E-state index in [4.69, 9.17) is 10.5 Å². The van der Waals surface area contributed by atoms with Gasteiger partial charge in [-0.05, 0) is 30.5 Å². The average Bonchev–Trinajstić information content (AvgIpc) is 2.89. The first kappa shape index (κ1) is 12.8. The van der Waals surface area contributed by atoms with Crippen LogP contribution in [0.2, 0.25) is 0 Å². The first-order chi connectivity index (χ1) is 8.76. The molecule has 0 saturated carbocycles. The first-order valence-corrected chi connectivity index (χ1v) is 6.84. The summed E-state index contributed by atoms with van der Waals surface area (Å²) in [5, 5.41) is 2.10. The number of hydrogen-bond donors (Lipinski definition) is 1. The molecule has 0 radical (unpaired) electrons. The van der Waals surface area contributed by atoms with Gasteiger partial charge in [-0.2, -0.15) is 0 Å². The number of anilines is 2. The molecule has 1 heterocycles. The normalized spacial score (nSPS) is 10.3. The van der Waals surface area contributed by atoms with Crippen LogP contribution in [0, 0.1) is 0 Å². The summed E-state index contributed by atoms with van der Waals surface area (Å²) in [6.45, 7) is 3.92. The van der Waals surface area contributed by atoms with E-state index in [1.54, 1.807) is 18.4 Å². The molecule has 0 unspecified atom stereocenters. The van der Waals surface area contributed by atoms with Crippen molar-refractivity contribution in [3.63, 3.8) is 0 Å². The number of benzene rings is 1. The maximum atomic E-state index is 6.14. The summed E-state index contributed by atoms with van der Waals surface area (Å²) in [7, 11) is 1.64. The zero-order valence-electron chi connectivity index (χ0n) is 10.7. The highest BCUT2D eigenvalue weighted by atomic mass is 32.1. The van der Waals surface area contributed by atoms with Crippen LogP contribution >= 0.6 is 11.3 Å². The second-order valence-corrected chi connectivity index (χ2v) is 5.02. The summed E-state index contributed by atoms with van der Waals surface area (Å²) in [6, 6.07) is 10.1. The molecule has 0 aliphatic rings. The summed E-state index contributed by atoms with van der Waals surface area (Å²) in [4.78, 5) is 3.59. The van der Waals surface area contributed by atoms with E-state index in [0.717, 1.165) is 24.5 Å². The summed E-state index contributed by atoms with van der Waals surface area (Å²) < 4.78 is 5.27. The van der Waals surface area contributed by atoms with E-state index in [1.807, 2.05) is 18.2 Å². The minimum Gasteiger partial charge on any atom is -0.495 e. The van der Waals surface area contributed by atoms with Crippen molar-refractivity contribution in [1.82, 2.24) is 0 Å². The van der Waals surface area contributed by atoms with Gasteiger partial charge in [0, 0.05) is 11.4 Å². The standard InChI is InChI=1S/C14H18N2OS/c1-3-16(10-11-6-5-9-18-11)12-7-4-8-13(17-2)14(12)15/h4-9H,3,10,15H2,1-2H3. The van der Waals surface area contributed by atoms with Crippen molar-refractivity contribution in [2.45, 2.75) is 13.5 Å². The molecule has 0 saturated heterocycles. The Morgan fingerprint density at radius 3 is 2.72 bits per heavy atom. The van der Waals surface area contributed by atoms with E-state index >= 15 is 0 Å². The Balaban J connectivity index is 2.27. The number of para-hydroxylation sites is 1. The highest BCUT2D eigenvalue weighted by Crippen LogP contribution is 2.33. The second-order valence-electron chi connectivity index (χ2n) is 3.99. The Morgan fingerprint density at radius 1 is 1.28 bits per heavy atom. The van der Waals surface area contributed by atoms with Crippen molar-refractivity contribution in [2.75, 3.05) is 24.3 Å². The summed E-state index contributed by atoms with van der Waals surface area (Å²) >= 11 is 1.76. The van der Waals surface area contributed by atoms with E-state index in [-0.39, 0.29) is 0 Å². The maximum absolute atomic E-state index is 6.14. The zero-order valence-corrected chi connectivity index (χ0v) is 11.5. The van der Waals surface area contributed by atoms with Crippen LogP contribution in [-0.4, -0.2) is 13.7 Å². The van der Waals surface area contributed by atoms with Crippen molar-refractivity contribution >= 4 is 22.7 Å². The number of methoxy groups -OCH3 is 1. The van der Waals surface area contributed by atoms with Gasteiger partial charge in [0.1, 0.15) is 5.75 Å². The third kappa shape index (κ3) is 2.59. The Morgan fingerprint density at radius 2 is 2.11 bits per heavy atom. The van der Waals surface area contributed by atoms with Crippen LogP contribution in [0.4, 0.5) is 11.4 Å². The zero-order chi connectivity index (χ0) is 13.0. The number of rotatable bonds is 5. The molecular weight excluding hydrogens is 244 g/mol. The van der Waals surface area contributed by atoms with Crippen molar-refractivity contribution < 1.29 is 4.74 Å². The fourth-order valence-electron chi connectivity index (χ4n) is 1.94. The summed E-state index contributed by atoms with van der Waals surface area (Å²) in [5.74, 6) is 0.733. The van der Waals surface area contributed by atoms with Gasteiger partial charge in [-0.15, -0.1) is 11.3 Å². The molecule has 1 aromatic carbocycles. The number of nitrogen functional groups attached to an aromatic ring is 1. The van der Waals surface area contributed by atoms with Gasteiger partial charge in [0.25, 0.3) is 0 Å². The molecule has 2 N–H and O–H groups in total. The van der Waals surface area contributed by atoms with Crippen LogP contribution < -0.4 is 15.4 Å². The number of ether oxygens (including phenoxy) is 1. The molecular formula is C14H18N2OS. The summed E-state index contributed by atoms with van der Waals surface area (Å²) in [5.41, 5.74) is 7.88. The van der Waals surface area contributed by atoms with Crippen LogP contribution in [0.3, 0.4) is 0 Å². The molecule has 0 atom stereocenters. The molecule has 4 heteroatoms. The number of thiophene rings is 1. The monoisotopic (exact) mass is 262 g/mol. The molecule has 18 heavy (non-hydrogen) atoms. The van der Waals surface area contributed by atoms with Crippen molar-refractivity contribution in [2.24, 2.45) is 0 Å². The van der Waals surface area contributed by atoms with E-state index in [2.05, 4.69) is 29.3 Å². The predicted molar refractivity (Wildman–Crippen MR) is 78.4 cm³/mol. The van der Waals surface area contributed by atoms with Crippen LogP contribution in [0.5, 0.6) is 5.75 Å². The largest absolute Gasteiger partial charge is 0.495 e. The topological polar surface area (TPSA) is 38.5 Å². The van der Waals surface area contributed by atoms with Gasteiger partial charge in [-0.25, -0.2) is 0 Å². The smallest absolute Gasteiger partial charge is 0.143 e. The van der Waals surface area contributed by atoms with Gasteiger partial charge in [-0.3, -0.25) is 0 Å². The van der Waals surface area contributed by atoms with E-state index < -0.39 is 0 Å². The van der Waals surface area contributed by atoms with E-state index in [0.29, 0.717) is 5.69 Å². The van der Waals surface area contributed by atoms with Crippen LogP contribution in [0.15, 0.2) is 35.7 Å². The highest BCUT2D eigenvalue weighted by Gasteiger charge is 2.12. The van der Waals surface area contributed by atoms with Crippen LogP contribution in [-0.2, 0) is 6.54 Å². The molecule has 0 aliphatic heterocycles. The highest BCUT2D eigenvalue weighted by molar-refractivity contribution is 7.09. The van der Waals surface area contributed by atoms with Crippen LogP contribution in [0.25, 0.3) is 0 Å². The lowest BCUT2D eigenvalue weighted by molar-refractivity contribution is 0.417. The Labute approximate surface area is 112 Å². The third-order valence-corrected chi connectivity index (χ3v) is 3.77. The molecule has 0 fully saturated rings. The van der Waals surface area contributed by atoms with Gasteiger partial charge < -0.3 is 15.4 Å². The molecule has 0 aliphatic carbocycles. The first-order valence-electron chi connectivity index (χ1n) is 5.96. The van der Waals surface area contributed by atoms with Gasteiger partial charge in [0.15, 0.2) is 0 Å². The van der Waals surface area contributed by atoms with Crippen molar-refractivity contribution in [3.05, 3.63) is 40.6 Å². The van der Waals surface area contributed by atoms with Gasteiger partial charge >= 0.3 is 0 Å². The number of nitrogens with two attached hydrogens (primary N) is 1. The Hall–Kier alpha value is -1.68. The Kier molecular flexibility index (Phi) is 4.10. The number of hydrogen-bond acceptors (Lipinski definition) is 4. The van der Waals surface area contributed by atoms with E-state index in [9.17, 15) is 0 Å². The molecule has 3 nitrogen and oxygen atoms in total. The van der Waals surface area contributed by atoms with Crippen molar-refractivity contribution in [3.8, 4) is 5.75 Å². The molecule has 1 aromatic heterocycles. The predicted octanol–water partition coefficient (Wildman–Crippen LogP) is 3.37.